The highest BCUT2D eigenvalue weighted by atomic mass is 32.2. The molecule has 3 amide bonds. The third-order valence-electron chi connectivity index (χ3n) is 6.76. The number of hydrogen-bond donors (Lipinski definition) is 2. The van der Waals surface area contributed by atoms with Crippen LogP contribution in [0.1, 0.15) is 90.0 Å². The zero-order valence-corrected chi connectivity index (χ0v) is 25.0. The maximum absolute atomic E-state index is 14.2. The van der Waals surface area contributed by atoms with Crippen molar-refractivity contribution >= 4 is 29.7 Å². The van der Waals surface area contributed by atoms with Gasteiger partial charge in [-0.2, -0.15) is 11.8 Å². The van der Waals surface area contributed by atoms with E-state index >= 15 is 0 Å². The highest BCUT2D eigenvalue weighted by Gasteiger charge is 2.48. The van der Waals surface area contributed by atoms with Gasteiger partial charge in [-0.05, 0) is 95.4 Å². The van der Waals surface area contributed by atoms with Gasteiger partial charge in [-0.1, -0.05) is 38.5 Å². The van der Waals surface area contributed by atoms with E-state index in [9.17, 15) is 14.4 Å². The highest BCUT2D eigenvalue weighted by Crippen LogP contribution is 2.41. The maximum atomic E-state index is 14.2. The van der Waals surface area contributed by atoms with Crippen LogP contribution in [0.2, 0.25) is 0 Å². The van der Waals surface area contributed by atoms with Gasteiger partial charge in [0.05, 0.1) is 0 Å². The van der Waals surface area contributed by atoms with Crippen molar-refractivity contribution in [3.63, 3.8) is 0 Å². The van der Waals surface area contributed by atoms with E-state index in [1.807, 2.05) is 45.2 Å². The van der Waals surface area contributed by atoms with Gasteiger partial charge in [0.1, 0.15) is 17.7 Å². The minimum absolute atomic E-state index is 0.00713. The topological polar surface area (TPSA) is 87.7 Å². The number of alkyl carbamates (subject to hydrolysis) is 1. The van der Waals surface area contributed by atoms with Gasteiger partial charge < -0.3 is 20.3 Å². The van der Waals surface area contributed by atoms with Gasteiger partial charge in [-0.25, -0.2) is 4.79 Å². The van der Waals surface area contributed by atoms with Crippen molar-refractivity contribution in [2.24, 2.45) is 5.92 Å². The number of aryl methyl sites for hydroxylation is 2. The van der Waals surface area contributed by atoms with Crippen molar-refractivity contribution < 1.29 is 19.1 Å². The zero-order chi connectivity index (χ0) is 27.9. The second-order valence-corrected chi connectivity index (χ2v) is 12.4. The smallest absolute Gasteiger partial charge is 0.408 e. The molecule has 1 aromatic carbocycles. The van der Waals surface area contributed by atoms with Gasteiger partial charge in [-0.15, -0.1) is 0 Å². The van der Waals surface area contributed by atoms with Crippen LogP contribution in [0, 0.1) is 19.8 Å². The molecule has 0 saturated heterocycles. The molecule has 0 heterocycles. The summed E-state index contributed by atoms with van der Waals surface area (Å²) in [4.78, 5) is 42.5. The minimum Gasteiger partial charge on any atom is -0.444 e. The Bertz CT molecular complexity index is 946. The first kappa shape index (κ1) is 31.0. The molecule has 0 spiro atoms. The standard InChI is InChI=1S/C29H47N3O4S/c1-10-11-21(5)30-26(33)25(22-13-12-18(2)19(3)16-22)32(24-17-20(24)4)27(34)23(14-15-37-9)31-28(35)36-29(6,7)8/h12-13,16,20-21,23-25H,10-11,14-15,17H2,1-9H3,(H,30,33)(H,31,35). The predicted octanol–water partition coefficient (Wildman–Crippen LogP) is 5.53. The van der Waals surface area contributed by atoms with Crippen molar-refractivity contribution in [2.45, 2.75) is 111 Å². The van der Waals surface area contributed by atoms with E-state index in [1.54, 1.807) is 37.4 Å². The molecule has 8 heteroatoms. The molecule has 0 bridgehead atoms. The van der Waals surface area contributed by atoms with Crippen LogP contribution in [0.25, 0.3) is 0 Å². The molecule has 1 aliphatic carbocycles. The third kappa shape index (κ3) is 9.24. The first-order valence-corrected chi connectivity index (χ1v) is 14.9. The summed E-state index contributed by atoms with van der Waals surface area (Å²) in [6.07, 6.45) is 4.43. The fraction of sp³-hybridized carbons (Fsp3) is 0.690. The Morgan fingerprint density at radius 1 is 1.14 bits per heavy atom. The Morgan fingerprint density at radius 3 is 2.30 bits per heavy atom. The summed E-state index contributed by atoms with van der Waals surface area (Å²) in [7, 11) is 0. The van der Waals surface area contributed by atoms with Gasteiger partial charge in [0.15, 0.2) is 0 Å². The summed E-state index contributed by atoms with van der Waals surface area (Å²) in [5.41, 5.74) is 2.31. The number of benzene rings is 1. The number of hydrogen-bond acceptors (Lipinski definition) is 5. The summed E-state index contributed by atoms with van der Waals surface area (Å²) < 4.78 is 5.47. The normalized spacial score (nSPS) is 19.4. The van der Waals surface area contributed by atoms with Crippen molar-refractivity contribution in [3.8, 4) is 0 Å². The van der Waals surface area contributed by atoms with E-state index in [4.69, 9.17) is 4.74 Å². The number of ether oxygens (including phenoxy) is 1. The number of nitrogens with one attached hydrogen (secondary N) is 2. The molecule has 0 aliphatic heterocycles. The van der Waals surface area contributed by atoms with Crippen molar-refractivity contribution in [3.05, 3.63) is 34.9 Å². The van der Waals surface area contributed by atoms with Gasteiger partial charge >= 0.3 is 6.09 Å². The lowest BCUT2D eigenvalue weighted by atomic mass is 9.97. The fourth-order valence-corrected chi connectivity index (χ4v) is 4.97. The summed E-state index contributed by atoms with van der Waals surface area (Å²) >= 11 is 1.61. The summed E-state index contributed by atoms with van der Waals surface area (Å²) in [6.45, 7) is 15.6. The number of rotatable bonds is 12. The van der Waals surface area contributed by atoms with E-state index in [0.29, 0.717) is 12.2 Å². The Hall–Kier alpha value is -2.22. The Balaban J connectivity index is 2.50. The molecular weight excluding hydrogens is 486 g/mol. The molecule has 5 atom stereocenters. The van der Waals surface area contributed by atoms with Crippen LogP contribution in [-0.2, 0) is 14.3 Å². The maximum Gasteiger partial charge on any atom is 0.408 e. The molecule has 208 valence electrons. The summed E-state index contributed by atoms with van der Waals surface area (Å²) in [6, 6.07) is 4.32. The van der Waals surface area contributed by atoms with E-state index in [-0.39, 0.29) is 29.8 Å². The summed E-state index contributed by atoms with van der Waals surface area (Å²) in [5.74, 6) is 0.545. The van der Waals surface area contributed by atoms with Crippen LogP contribution in [0.3, 0.4) is 0 Å². The quantitative estimate of drug-likeness (QED) is 0.369. The fourth-order valence-electron chi connectivity index (χ4n) is 4.50. The van der Waals surface area contributed by atoms with Gasteiger partial charge in [0.2, 0.25) is 11.8 Å². The molecular formula is C29H47N3O4S. The first-order valence-electron chi connectivity index (χ1n) is 13.5. The molecule has 37 heavy (non-hydrogen) atoms. The molecule has 2 rings (SSSR count). The molecule has 0 radical (unpaired) electrons. The summed E-state index contributed by atoms with van der Waals surface area (Å²) in [5, 5.41) is 5.97. The zero-order valence-electron chi connectivity index (χ0n) is 24.1. The lowest BCUT2D eigenvalue weighted by Gasteiger charge is -2.36. The van der Waals surface area contributed by atoms with E-state index in [1.165, 1.54) is 0 Å². The Kier molecular flexibility index (Phi) is 11.3. The number of carbonyl (C=O) groups is 3. The SMILES string of the molecule is CCCC(C)NC(=O)C(c1ccc(C)c(C)c1)N(C(=O)C(CCSC)NC(=O)OC(C)(C)C)C1CC1C. The lowest BCUT2D eigenvalue weighted by molar-refractivity contribution is -0.143. The second-order valence-electron chi connectivity index (χ2n) is 11.5. The highest BCUT2D eigenvalue weighted by molar-refractivity contribution is 7.98. The lowest BCUT2D eigenvalue weighted by Crippen LogP contribution is -2.54. The van der Waals surface area contributed by atoms with Gasteiger partial charge in [0.25, 0.3) is 0 Å². The second kappa shape index (κ2) is 13.5. The predicted molar refractivity (Wildman–Crippen MR) is 152 cm³/mol. The molecule has 2 N–H and O–H groups in total. The van der Waals surface area contributed by atoms with Crippen LogP contribution >= 0.6 is 11.8 Å². The average molecular weight is 534 g/mol. The molecule has 1 aliphatic rings. The number of carbonyl (C=O) groups excluding carboxylic acids is 3. The molecule has 1 fully saturated rings. The minimum atomic E-state index is -0.787. The Morgan fingerprint density at radius 2 is 1.78 bits per heavy atom. The van der Waals surface area contributed by atoms with Crippen LogP contribution in [0.5, 0.6) is 0 Å². The molecule has 5 unspecified atom stereocenters. The molecule has 0 aromatic heterocycles. The van der Waals surface area contributed by atoms with Crippen LogP contribution in [0.4, 0.5) is 4.79 Å². The molecule has 7 nitrogen and oxygen atoms in total. The number of nitrogens with zero attached hydrogens (tertiary/aromatic N) is 1. The van der Waals surface area contributed by atoms with E-state index in [2.05, 4.69) is 24.5 Å². The average Bonchev–Trinajstić information content (AvgIpc) is 3.50. The number of thioether (sulfide) groups is 1. The van der Waals surface area contributed by atoms with Crippen LogP contribution < -0.4 is 10.6 Å². The van der Waals surface area contributed by atoms with Crippen molar-refractivity contribution in [1.29, 1.82) is 0 Å². The third-order valence-corrected chi connectivity index (χ3v) is 7.41. The molecule has 1 aromatic rings. The van der Waals surface area contributed by atoms with Crippen molar-refractivity contribution in [1.82, 2.24) is 15.5 Å². The molecule has 1 saturated carbocycles. The van der Waals surface area contributed by atoms with Crippen molar-refractivity contribution in [2.75, 3.05) is 12.0 Å². The number of amides is 3. The first-order chi connectivity index (χ1) is 17.3. The Labute approximate surface area is 227 Å². The van der Waals surface area contributed by atoms with Crippen LogP contribution in [-0.4, -0.2) is 58.5 Å². The van der Waals surface area contributed by atoms with Gasteiger partial charge in [0, 0.05) is 12.1 Å². The van der Waals surface area contributed by atoms with E-state index in [0.717, 1.165) is 36.0 Å². The largest absolute Gasteiger partial charge is 0.444 e. The monoisotopic (exact) mass is 533 g/mol. The van der Waals surface area contributed by atoms with E-state index < -0.39 is 23.8 Å². The van der Waals surface area contributed by atoms with Crippen LogP contribution in [0.15, 0.2) is 18.2 Å². The van der Waals surface area contributed by atoms with Gasteiger partial charge in [-0.3, -0.25) is 9.59 Å².